The molecule has 0 amide bonds. The van der Waals surface area contributed by atoms with Crippen LogP contribution < -0.4 is 5.73 Å². The molecule has 1 aliphatic heterocycles. The molecule has 0 aliphatic carbocycles. The minimum absolute atomic E-state index is 0.363. The molecule has 1 fully saturated rings. The second kappa shape index (κ2) is 6.88. The summed E-state index contributed by atoms with van der Waals surface area (Å²) < 4.78 is 0. The van der Waals surface area contributed by atoms with E-state index in [2.05, 4.69) is 18.7 Å². The third-order valence-electron chi connectivity index (χ3n) is 5.05. The van der Waals surface area contributed by atoms with Crippen LogP contribution in [0.4, 0.5) is 0 Å². The molecular weight excluding hydrogens is 224 g/mol. The second-order valence-corrected chi connectivity index (χ2v) is 6.35. The van der Waals surface area contributed by atoms with Crippen LogP contribution in [0.5, 0.6) is 0 Å². The first-order valence-electron chi connectivity index (χ1n) is 7.62. The smallest absolute Gasteiger partial charge is 0.0741 e. The predicted octanol–water partition coefficient (Wildman–Crippen LogP) is 2.38. The van der Waals surface area contributed by atoms with Crippen LogP contribution in [0.15, 0.2) is 0 Å². The fourth-order valence-electron chi connectivity index (χ4n) is 2.99. The molecule has 0 bridgehead atoms. The van der Waals surface area contributed by atoms with E-state index in [-0.39, 0.29) is 0 Å². The molecule has 3 heteroatoms. The summed E-state index contributed by atoms with van der Waals surface area (Å²) in [6.07, 6.45) is 7.18. The summed E-state index contributed by atoms with van der Waals surface area (Å²) in [6.45, 7) is 10.4. The molecule has 1 saturated heterocycles. The van der Waals surface area contributed by atoms with E-state index in [1.54, 1.807) is 0 Å². The molecule has 0 aromatic carbocycles. The molecule has 3 N–H and O–H groups in total. The number of hydrogen-bond donors (Lipinski definition) is 2. The Labute approximate surface area is 113 Å². The molecule has 0 aromatic rings. The van der Waals surface area contributed by atoms with Crippen molar-refractivity contribution in [1.82, 2.24) is 4.90 Å². The van der Waals surface area contributed by atoms with Crippen molar-refractivity contribution in [2.45, 2.75) is 64.9 Å². The number of rotatable bonds is 7. The summed E-state index contributed by atoms with van der Waals surface area (Å²) in [6, 6.07) is 0. The topological polar surface area (TPSA) is 49.5 Å². The van der Waals surface area contributed by atoms with E-state index in [0.717, 1.165) is 19.4 Å². The molecule has 1 atom stereocenters. The average Bonchev–Trinajstić information content (AvgIpc) is 2.40. The molecule has 1 rings (SSSR count). The summed E-state index contributed by atoms with van der Waals surface area (Å²) in [4.78, 5) is 2.55. The highest BCUT2D eigenvalue weighted by Crippen LogP contribution is 2.37. The van der Waals surface area contributed by atoms with Gasteiger partial charge in [-0.2, -0.15) is 0 Å². The zero-order valence-corrected chi connectivity index (χ0v) is 12.5. The van der Waals surface area contributed by atoms with Crippen LogP contribution in [-0.4, -0.2) is 41.8 Å². The van der Waals surface area contributed by atoms with Gasteiger partial charge in [-0.3, -0.25) is 0 Å². The minimum atomic E-state index is -0.674. The van der Waals surface area contributed by atoms with Crippen molar-refractivity contribution in [2.24, 2.45) is 11.1 Å². The lowest BCUT2D eigenvalue weighted by Gasteiger charge is -2.41. The second-order valence-electron chi connectivity index (χ2n) is 6.35. The lowest BCUT2D eigenvalue weighted by Crippen LogP contribution is -2.41. The third-order valence-corrected chi connectivity index (χ3v) is 5.05. The molecule has 3 nitrogen and oxygen atoms in total. The van der Waals surface area contributed by atoms with Crippen molar-refractivity contribution in [2.75, 3.05) is 26.2 Å². The summed E-state index contributed by atoms with van der Waals surface area (Å²) in [7, 11) is 0. The van der Waals surface area contributed by atoms with E-state index in [0.29, 0.717) is 12.0 Å². The number of nitrogens with two attached hydrogens (primary N) is 1. The molecule has 18 heavy (non-hydrogen) atoms. The van der Waals surface area contributed by atoms with Crippen molar-refractivity contribution in [3.63, 3.8) is 0 Å². The Hall–Kier alpha value is -0.120. The van der Waals surface area contributed by atoms with E-state index < -0.39 is 5.60 Å². The van der Waals surface area contributed by atoms with Gasteiger partial charge in [-0.05, 0) is 57.7 Å². The van der Waals surface area contributed by atoms with Gasteiger partial charge in [0.25, 0.3) is 0 Å². The molecule has 0 radical (unpaired) electrons. The molecule has 108 valence electrons. The van der Waals surface area contributed by atoms with Crippen LogP contribution in [-0.2, 0) is 0 Å². The van der Waals surface area contributed by atoms with Crippen LogP contribution in [0.25, 0.3) is 0 Å². The highest BCUT2D eigenvalue weighted by molar-refractivity contribution is 4.84. The molecular formula is C15H32N2O. The molecule has 1 aliphatic rings. The van der Waals surface area contributed by atoms with Crippen molar-refractivity contribution in [1.29, 1.82) is 0 Å². The van der Waals surface area contributed by atoms with Gasteiger partial charge in [0.15, 0.2) is 0 Å². The van der Waals surface area contributed by atoms with Gasteiger partial charge in [-0.25, -0.2) is 0 Å². The van der Waals surface area contributed by atoms with Crippen LogP contribution in [0, 0.1) is 5.41 Å². The lowest BCUT2D eigenvalue weighted by molar-refractivity contribution is 0.0478. The van der Waals surface area contributed by atoms with Gasteiger partial charge in [-0.1, -0.05) is 26.7 Å². The van der Waals surface area contributed by atoms with Gasteiger partial charge in [0, 0.05) is 6.54 Å². The van der Waals surface area contributed by atoms with Gasteiger partial charge in [0.2, 0.25) is 0 Å². The molecule has 0 saturated carbocycles. The fraction of sp³-hybridized carbons (Fsp3) is 1.00. The van der Waals surface area contributed by atoms with Crippen molar-refractivity contribution in [3.8, 4) is 0 Å². The summed E-state index contributed by atoms with van der Waals surface area (Å²) in [5, 5.41) is 9.87. The Morgan fingerprint density at radius 1 is 1.22 bits per heavy atom. The molecule has 1 heterocycles. The quantitative estimate of drug-likeness (QED) is 0.735. The van der Waals surface area contributed by atoms with Crippen LogP contribution in [0.1, 0.15) is 59.3 Å². The van der Waals surface area contributed by atoms with E-state index in [1.165, 1.54) is 38.8 Å². The number of piperidine rings is 1. The summed E-state index contributed by atoms with van der Waals surface area (Å²) in [5.74, 6) is 0. The fourth-order valence-corrected chi connectivity index (χ4v) is 2.99. The van der Waals surface area contributed by atoms with Crippen molar-refractivity contribution >= 4 is 0 Å². The summed E-state index contributed by atoms with van der Waals surface area (Å²) >= 11 is 0. The maximum absolute atomic E-state index is 9.87. The first-order valence-corrected chi connectivity index (χ1v) is 7.62. The van der Waals surface area contributed by atoms with Crippen molar-refractivity contribution < 1.29 is 5.11 Å². The van der Waals surface area contributed by atoms with Gasteiger partial charge in [0.1, 0.15) is 0 Å². The molecule has 0 aromatic heterocycles. The number of nitrogens with zero attached hydrogens (tertiary/aromatic N) is 1. The summed E-state index contributed by atoms with van der Waals surface area (Å²) in [5.41, 5.74) is 5.47. The lowest BCUT2D eigenvalue weighted by atomic mass is 9.74. The van der Waals surface area contributed by atoms with Crippen LogP contribution in [0.2, 0.25) is 0 Å². The van der Waals surface area contributed by atoms with E-state index in [9.17, 15) is 5.11 Å². The Morgan fingerprint density at radius 3 is 2.22 bits per heavy atom. The monoisotopic (exact) mass is 256 g/mol. The van der Waals surface area contributed by atoms with E-state index >= 15 is 0 Å². The largest absolute Gasteiger partial charge is 0.389 e. The van der Waals surface area contributed by atoms with Crippen LogP contribution >= 0.6 is 0 Å². The Balaban J connectivity index is 2.24. The maximum atomic E-state index is 9.87. The highest BCUT2D eigenvalue weighted by atomic mass is 16.3. The zero-order valence-electron chi connectivity index (χ0n) is 12.5. The minimum Gasteiger partial charge on any atom is -0.389 e. The Kier molecular flexibility index (Phi) is 6.09. The average molecular weight is 256 g/mol. The van der Waals surface area contributed by atoms with Crippen molar-refractivity contribution in [3.05, 3.63) is 0 Å². The Morgan fingerprint density at radius 2 is 1.78 bits per heavy atom. The van der Waals surface area contributed by atoms with Gasteiger partial charge in [-0.15, -0.1) is 0 Å². The standard InChI is InChI=1S/C15H32N2O/c1-4-15(5-2)8-11-17(12-9-15)10-6-7-14(3,18)13-16/h18H,4-13,16H2,1-3H3. The first kappa shape index (κ1) is 15.9. The predicted molar refractivity (Wildman–Crippen MR) is 77.6 cm³/mol. The SMILES string of the molecule is CCC1(CC)CCN(CCCC(C)(O)CN)CC1. The van der Waals surface area contributed by atoms with Gasteiger partial charge < -0.3 is 15.7 Å². The van der Waals surface area contributed by atoms with Gasteiger partial charge in [0.05, 0.1) is 5.60 Å². The number of aliphatic hydroxyl groups is 1. The number of likely N-dealkylation sites (tertiary alicyclic amines) is 1. The van der Waals surface area contributed by atoms with E-state index in [4.69, 9.17) is 5.73 Å². The highest BCUT2D eigenvalue weighted by Gasteiger charge is 2.31. The normalized spacial score (nSPS) is 23.8. The number of hydrogen-bond acceptors (Lipinski definition) is 3. The zero-order chi connectivity index (χ0) is 13.6. The molecule has 1 unspecified atom stereocenters. The Bertz CT molecular complexity index is 227. The van der Waals surface area contributed by atoms with Crippen LogP contribution in [0.3, 0.4) is 0 Å². The maximum Gasteiger partial charge on any atom is 0.0741 e. The van der Waals surface area contributed by atoms with E-state index in [1.807, 2.05) is 6.92 Å². The molecule has 0 spiro atoms. The van der Waals surface area contributed by atoms with Gasteiger partial charge >= 0.3 is 0 Å². The third kappa shape index (κ3) is 4.52. The first-order chi connectivity index (χ1) is 8.47.